The molecule has 0 aliphatic heterocycles. The number of anilines is 1. The summed E-state index contributed by atoms with van der Waals surface area (Å²) in [4.78, 5) is 27.3. The van der Waals surface area contributed by atoms with Crippen LogP contribution in [0.25, 0.3) is 0 Å². The van der Waals surface area contributed by atoms with Gasteiger partial charge in [-0.2, -0.15) is 0 Å². The number of ether oxygens (including phenoxy) is 1. The SMILES string of the molecule is CCOC(=O)CC(=O)c1sc(SCC)nc1N. The predicted octanol–water partition coefficient (Wildman–Crippen LogP) is 1.97. The fourth-order valence-corrected chi connectivity index (χ4v) is 3.02. The Kier molecular flexibility index (Phi) is 5.43. The maximum Gasteiger partial charge on any atom is 0.313 e. The molecule has 0 radical (unpaired) electrons. The first-order valence-electron chi connectivity index (χ1n) is 5.16. The van der Waals surface area contributed by atoms with Gasteiger partial charge < -0.3 is 10.5 Å². The third-order valence-corrected chi connectivity index (χ3v) is 3.90. The van der Waals surface area contributed by atoms with Gasteiger partial charge in [-0.1, -0.05) is 18.7 Å². The lowest BCUT2D eigenvalue weighted by molar-refractivity contribution is -0.141. The van der Waals surface area contributed by atoms with E-state index in [-0.39, 0.29) is 24.6 Å². The Morgan fingerprint density at radius 3 is 2.76 bits per heavy atom. The van der Waals surface area contributed by atoms with Gasteiger partial charge in [-0.05, 0) is 12.7 Å². The molecule has 94 valence electrons. The van der Waals surface area contributed by atoms with Crippen LogP contribution in [-0.2, 0) is 9.53 Å². The fourth-order valence-electron chi connectivity index (χ4n) is 1.12. The Balaban J connectivity index is 2.71. The summed E-state index contributed by atoms with van der Waals surface area (Å²) in [5.41, 5.74) is 5.64. The summed E-state index contributed by atoms with van der Waals surface area (Å²) in [6.07, 6.45) is -0.281. The topological polar surface area (TPSA) is 82.3 Å². The number of hydrogen-bond acceptors (Lipinski definition) is 7. The lowest BCUT2D eigenvalue weighted by Gasteiger charge is -1.99. The maximum atomic E-state index is 11.7. The van der Waals surface area contributed by atoms with Crippen molar-refractivity contribution in [3.8, 4) is 0 Å². The molecule has 0 atom stereocenters. The summed E-state index contributed by atoms with van der Waals surface area (Å²) in [5.74, 6) is 0.190. The molecule has 0 aliphatic carbocycles. The summed E-state index contributed by atoms with van der Waals surface area (Å²) < 4.78 is 5.45. The number of rotatable bonds is 6. The number of nitrogen functional groups attached to an aromatic ring is 1. The minimum absolute atomic E-state index is 0.195. The highest BCUT2D eigenvalue weighted by Crippen LogP contribution is 2.29. The van der Waals surface area contributed by atoms with Crippen molar-refractivity contribution >= 4 is 40.7 Å². The highest BCUT2D eigenvalue weighted by atomic mass is 32.2. The van der Waals surface area contributed by atoms with E-state index in [9.17, 15) is 9.59 Å². The zero-order valence-electron chi connectivity index (χ0n) is 9.69. The van der Waals surface area contributed by atoms with Gasteiger partial charge in [0.05, 0.1) is 6.61 Å². The van der Waals surface area contributed by atoms with Crippen molar-refractivity contribution < 1.29 is 14.3 Å². The van der Waals surface area contributed by atoms with E-state index in [1.807, 2.05) is 6.92 Å². The fraction of sp³-hybridized carbons (Fsp3) is 0.500. The van der Waals surface area contributed by atoms with E-state index in [2.05, 4.69) is 4.98 Å². The Hall–Kier alpha value is -1.08. The Morgan fingerprint density at radius 2 is 2.18 bits per heavy atom. The summed E-state index contributed by atoms with van der Waals surface area (Å²) in [5, 5.41) is 0. The molecule has 1 aromatic rings. The summed E-state index contributed by atoms with van der Waals surface area (Å²) in [6.45, 7) is 3.95. The highest BCUT2D eigenvalue weighted by molar-refractivity contribution is 8.01. The van der Waals surface area contributed by atoms with Crippen molar-refractivity contribution in [1.82, 2.24) is 4.98 Å². The molecule has 5 nitrogen and oxygen atoms in total. The number of ketones is 1. The molecule has 1 aromatic heterocycles. The zero-order chi connectivity index (χ0) is 12.8. The first kappa shape index (κ1) is 14.0. The van der Waals surface area contributed by atoms with Gasteiger partial charge in [0.15, 0.2) is 10.1 Å². The van der Waals surface area contributed by atoms with E-state index in [0.717, 1.165) is 10.1 Å². The van der Waals surface area contributed by atoms with Gasteiger partial charge in [0.25, 0.3) is 0 Å². The van der Waals surface area contributed by atoms with E-state index in [1.165, 1.54) is 23.1 Å². The highest BCUT2D eigenvalue weighted by Gasteiger charge is 2.19. The molecule has 0 fully saturated rings. The van der Waals surface area contributed by atoms with Crippen molar-refractivity contribution in [2.45, 2.75) is 24.6 Å². The van der Waals surface area contributed by atoms with Gasteiger partial charge in [-0.25, -0.2) is 4.98 Å². The average molecular weight is 274 g/mol. The monoisotopic (exact) mass is 274 g/mol. The molecule has 0 spiro atoms. The van der Waals surface area contributed by atoms with Crippen LogP contribution in [0.2, 0.25) is 0 Å². The molecule has 1 heterocycles. The van der Waals surface area contributed by atoms with Crippen molar-refractivity contribution in [3.05, 3.63) is 4.88 Å². The third-order valence-electron chi connectivity index (χ3n) is 1.77. The number of aromatic nitrogens is 1. The summed E-state index contributed by atoms with van der Waals surface area (Å²) in [7, 11) is 0. The number of hydrogen-bond donors (Lipinski definition) is 1. The average Bonchev–Trinajstić information content (AvgIpc) is 2.60. The van der Waals surface area contributed by atoms with E-state index >= 15 is 0 Å². The molecular weight excluding hydrogens is 260 g/mol. The van der Waals surface area contributed by atoms with Gasteiger partial charge in [-0.15, -0.1) is 11.3 Å². The number of nitrogens with zero attached hydrogens (tertiary/aromatic N) is 1. The Bertz CT molecular complexity index is 418. The van der Waals surface area contributed by atoms with Crippen LogP contribution in [0.4, 0.5) is 5.82 Å². The number of thiazole rings is 1. The molecule has 0 saturated heterocycles. The van der Waals surface area contributed by atoms with Crippen LogP contribution in [0.5, 0.6) is 0 Å². The van der Waals surface area contributed by atoms with Crippen molar-refractivity contribution in [2.24, 2.45) is 0 Å². The smallest absolute Gasteiger partial charge is 0.313 e. The van der Waals surface area contributed by atoms with Crippen LogP contribution in [0.1, 0.15) is 29.9 Å². The van der Waals surface area contributed by atoms with Gasteiger partial charge in [0, 0.05) is 0 Å². The molecule has 1 rings (SSSR count). The molecule has 7 heteroatoms. The lowest BCUT2D eigenvalue weighted by Crippen LogP contribution is -2.11. The van der Waals surface area contributed by atoms with Crippen LogP contribution in [0, 0.1) is 0 Å². The van der Waals surface area contributed by atoms with E-state index in [4.69, 9.17) is 10.5 Å². The molecule has 0 unspecified atom stereocenters. The summed E-state index contributed by atoms with van der Waals surface area (Å²) in [6, 6.07) is 0. The second-order valence-electron chi connectivity index (χ2n) is 3.03. The van der Waals surface area contributed by atoms with Crippen molar-refractivity contribution in [1.29, 1.82) is 0 Å². The van der Waals surface area contributed by atoms with Crippen LogP contribution < -0.4 is 5.73 Å². The van der Waals surface area contributed by atoms with Gasteiger partial charge >= 0.3 is 5.97 Å². The molecular formula is C10H14N2O3S2. The standard InChI is InChI=1S/C10H14N2O3S2/c1-3-15-7(14)5-6(13)8-9(11)12-10(17-8)16-4-2/h3-5,11H2,1-2H3. The Labute approximate surface area is 108 Å². The maximum absolute atomic E-state index is 11.7. The molecule has 0 saturated carbocycles. The molecule has 0 aromatic carbocycles. The second-order valence-corrected chi connectivity index (χ2v) is 5.54. The summed E-state index contributed by atoms with van der Waals surface area (Å²) >= 11 is 2.74. The third kappa shape index (κ3) is 4.01. The van der Waals surface area contributed by atoms with Crippen LogP contribution in [0.3, 0.4) is 0 Å². The Morgan fingerprint density at radius 1 is 1.47 bits per heavy atom. The van der Waals surface area contributed by atoms with E-state index in [0.29, 0.717) is 4.88 Å². The number of esters is 1. The molecule has 0 amide bonds. The minimum Gasteiger partial charge on any atom is -0.466 e. The molecule has 0 aliphatic rings. The number of Topliss-reactive ketones (excluding diaryl/α,β-unsaturated/α-hetero) is 1. The first-order valence-corrected chi connectivity index (χ1v) is 6.96. The van der Waals surface area contributed by atoms with Gasteiger partial charge in [0.1, 0.15) is 17.1 Å². The van der Waals surface area contributed by atoms with Gasteiger partial charge in [0.2, 0.25) is 0 Å². The quantitative estimate of drug-likeness (QED) is 0.369. The van der Waals surface area contributed by atoms with Crippen molar-refractivity contribution in [3.63, 3.8) is 0 Å². The molecule has 0 bridgehead atoms. The van der Waals surface area contributed by atoms with Crippen molar-refractivity contribution in [2.75, 3.05) is 18.1 Å². The number of carbonyl (C=O) groups excluding carboxylic acids is 2. The number of thioether (sulfide) groups is 1. The van der Waals surface area contributed by atoms with E-state index < -0.39 is 5.97 Å². The lowest BCUT2D eigenvalue weighted by atomic mass is 10.2. The normalized spacial score (nSPS) is 10.2. The van der Waals surface area contributed by atoms with Gasteiger partial charge in [-0.3, -0.25) is 9.59 Å². The zero-order valence-corrected chi connectivity index (χ0v) is 11.3. The predicted molar refractivity (Wildman–Crippen MR) is 68.5 cm³/mol. The molecule has 2 N–H and O–H groups in total. The van der Waals surface area contributed by atoms with Crippen LogP contribution >= 0.6 is 23.1 Å². The number of nitrogens with two attached hydrogens (primary N) is 1. The van der Waals surface area contributed by atoms with Crippen LogP contribution in [-0.4, -0.2) is 29.1 Å². The first-order chi connectivity index (χ1) is 8.08. The van der Waals surface area contributed by atoms with Crippen LogP contribution in [0.15, 0.2) is 4.34 Å². The second kappa shape index (κ2) is 6.61. The van der Waals surface area contributed by atoms with E-state index in [1.54, 1.807) is 6.92 Å². The largest absolute Gasteiger partial charge is 0.466 e. The minimum atomic E-state index is -0.532. The number of carbonyl (C=O) groups is 2. The molecule has 17 heavy (non-hydrogen) atoms.